The van der Waals surface area contributed by atoms with Crippen molar-refractivity contribution in [2.24, 2.45) is 0 Å². The molecular weight excluding hydrogens is 568 g/mol. The summed E-state index contributed by atoms with van der Waals surface area (Å²) in [6.45, 7) is 3.13. The lowest BCUT2D eigenvalue weighted by Gasteiger charge is -2.55. The van der Waals surface area contributed by atoms with Crippen molar-refractivity contribution in [3.8, 4) is 29.5 Å². The molecule has 0 saturated carbocycles. The molecule has 4 heterocycles. The summed E-state index contributed by atoms with van der Waals surface area (Å²) in [4.78, 5) is 59.9. The molecule has 2 aromatic heterocycles. The van der Waals surface area contributed by atoms with Crippen LogP contribution in [0.4, 0.5) is 9.59 Å². The van der Waals surface area contributed by atoms with Crippen LogP contribution in [0.5, 0.6) is 5.75 Å². The molecule has 0 fully saturated rings. The molecule has 3 aromatic rings. The molecule has 2 amide bonds. The smallest absolute Gasteiger partial charge is 0.407 e. The number of phenolic OH excluding ortho intramolecular Hbond substituents is 1. The SMILES string of the molecule is C#CCCC(CN(C)C(=O)O)(N(C)C(=O)O)C1(CC)C(=O)OCc2c1cc1n(c2=O)Cc2c-1nc1ccc(O)cc1c2CC. The zero-order valence-electron chi connectivity index (χ0n) is 25.0. The number of esters is 1. The summed E-state index contributed by atoms with van der Waals surface area (Å²) in [5.41, 5.74) is -0.152. The molecule has 12 nitrogen and oxygen atoms in total. The van der Waals surface area contributed by atoms with Crippen LogP contribution >= 0.6 is 0 Å². The second-order valence-corrected chi connectivity index (χ2v) is 11.3. The number of nitrogens with zero attached hydrogens (tertiary/aromatic N) is 4. The van der Waals surface area contributed by atoms with Crippen LogP contribution in [0, 0.1) is 12.3 Å². The zero-order valence-corrected chi connectivity index (χ0v) is 25.0. The van der Waals surface area contributed by atoms with Gasteiger partial charge in [0.05, 0.1) is 34.6 Å². The maximum atomic E-state index is 14.2. The number of terminal acetylenes is 1. The van der Waals surface area contributed by atoms with Gasteiger partial charge in [-0.15, -0.1) is 12.3 Å². The normalized spacial score (nSPS) is 17.9. The third-order valence-electron chi connectivity index (χ3n) is 9.42. The summed E-state index contributed by atoms with van der Waals surface area (Å²) in [6.07, 6.45) is 3.42. The van der Waals surface area contributed by atoms with Gasteiger partial charge in [0, 0.05) is 38.0 Å². The van der Waals surface area contributed by atoms with Crippen LogP contribution < -0.4 is 5.56 Å². The highest BCUT2D eigenvalue weighted by atomic mass is 16.5. The van der Waals surface area contributed by atoms with Gasteiger partial charge in [-0.1, -0.05) is 13.8 Å². The van der Waals surface area contributed by atoms with Crippen LogP contribution in [0.15, 0.2) is 29.1 Å². The summed E-state index contributed by atoms with van der Waals surface area (Å²) in [5, 5.41) is 31.1. The number of benzene rings is 1. The molecule has 0 aliphatic carbocycles. The largest absolute Gasteiger partial charge is 0.508 e. The number of pyridine rings is 2. The first kappa shape index (κ1) is 30.4. The number of carboxylic acid groups (broad SMARTS) is 2. The number of phenols is 1. The van der Waals surface area contributed by atoms with E-state index >= 15 is 0 Å². The Morgan fingerprint density at radius 2 is 1.89 bits per heavy atom. The van der Waals surface area contributed by atoms with Crippen molar-refractivity contribution in [2.45, 2.75) is 63.6 Å². The van der Waals surface area contributed by atoms with Crippen molar-refractivity contribution in [3.05, 3.63) is 56.9 Å². The molecule has 0 radical (unpaired) electrons. The van der Waals surface area contributed by atoms with Crippen molar-refractivity contribution >= 4 is 29.1 Å². The molecule has 230 valence electrons. The number of carbonyl (C=O) groups is 3. The number of amides is 2. The molecule has 1 aromatic carbocycles. The highest BCUT2D eigenvalue weighted by Crippen LogP contribution is 2.51. The molecule has 2 aliphatic heterocycles. The van der Waals surface area contributed by atoms with E-state index in [2.05, 4.69) is 5.92 Å². The van der Waals surface area contributed by atoms with Crippen LogP contribution in [-0.2, 0) is 34.5 Å². The fraction of sp³-hybridized carbons (Fsp3) is 0.406. The van der Waals surface area contributed by atoms with E-state index in [-0.39, 0.29) is 49.3 Å². The standard InChI is InChI=1S/C32H34N4O8/c1-6-9-12-31(35(5)30(42)43,17-34(4)29(40)41)32(8-3)23-14-25-26-21(15-36(25)27(38)22(23)16-44-28(32)39)19(7-2)20-13-18(37)10-11-24(20)33-26/h1,10-11,13-14,37H,7-9,12,15-17H2,2-5H3,(H,40,41)(H,42,43). The molecule has 0 saturated heterocycles. The Morgan fingerprint density at radius 1 is 1.16 bits per heavy atom. The van der Waals surface area contributed by atoms with E-state index in [0.717, 1.165) is 26.3 Å². The van der Waals surface area contributed by atoms with Gasteiger partial charge >= 0.3 is 18.2 Å². The fourth-order valence-electron chi connectivity index (χ4n) is 7.25. The lowest BCUT2D eigenvalue weighted by molar-refractivity contribution is -0.163. The minimum Gasteiger partial charge on any atom is -0.508 e. The number of likely N-dealkylation sites (N-methyl/N-ethyl adjacent to an activating group) is 2. The Labute approximate surface area is 253 Å². The second kappa shape index (κ2) is 10.9. The number of rotatable bonds is 8. The van der Waals surface area contributed by atoms with E-state index in [0.29, 0.717) is 23.3 Å². The molecule has 0 bridgehead atoms. The molecule has 2 aliphatic rings. The summed E-state index contributed by atoms with van der Waals surface area (Å²) >= 11 is 0. The van der Waals surface area contributed by atoms with Crippen molar-refractivity contribution in [1.29, 1.82) is 0 Å². The summed E-state index contributed by atoms with van der Waals surface area (Å²) < 4.78 is 7.25. The maximum absolute atomic E-state index is 14.2. The molecule has 2 atom stereocenters. The quantitative estimate of drug-likeness (QED) is 0.201. The van der Waals surface area contributed by atoms with E-state index in [1.807, 2.05) is 6.92 Å². The van der Waals surface area contributed by atoms with Crippen molar-refractivity contribution in [1.82, 2.24) is 19.4 Å². The molecule has 2 unspecified atom stereocenters. The van der Waals surface area contributed by atoms with E-state index in [1.165, 1.54) is 20.2 Å². The van der Waals surface area contributed by atoms with Crippen LogP contribution in [0.2, 0.25) is 0 Å². The molecule has 5 rings (SSSR count). The van der Waals surface area contributed by atoms with Crippen LogP contribution in [0.25, 0.3) is 22.3 Å². The van der Waals surface area contributed by atoms with Crippen molar-refractivity contribution < 1.29 is 34.4 Å². The predicted octanol–water partition coefficient (Wildman–Crippen LogP) is 3.77. The Morgan fingerprint density at radius 3 is 2.50 bits per heavy atom. The molecule has 0 spiro atoms. The lowest BCUT2D eigenvalue weighted by atomic mass is 9.59. The fourth-order valence-corrected chi connectivity index (χ4v) is 7.25. The number of cyclic esters (lactones) is 1. The van der Waals surface area contributed by atoms with E-state index in [9.17, 15) is 34.5 Å². The number of ether oxygens (including phenoxy) is 1. The van der Waals surface area contributed by atoms with Gasteiger partial charge in [0.2, 0.25) is 0 Å². The van der Waals surface area contributed by atoms with Gasteiger partial charge in [-0.05, 0) is 54.7 Å². The monoisotopic (exact) mass is 602 g/mol. The highest BCUT2D eigenvalue weighted by molar-refractivity contribution is 5.91. The number of aromatic hydroxyl groups is 1. The first-order valence-corrected chi connectivity index (χ1v) is 14.3. The van der Waals surface area contributed by atoms with Crippen molar-refractivity contribution in [3.63, 3.8) is 0 Å². The third-order valence-corrected chi connectivity index (χ3v) is 9.42. The number of aromatic nitrogens is 2. The molecular formula is C32H34N4O8. The Bertz CT molecular complexity index is 1830. The predicted molar refractivity (Wildman–Crippen MR) is 161 cm³/mol. The second-order valence-electron chi connectivity index (χ2n) is 11.3. The van der Waals surface area contributed by atoms with E-state index in [1.54, 1.807) is 29.7 Å². The lowest BCUT2D eigenvalue weighted by Crippen LogP contribution is -2.71. The first-order valence-electron chi connectivity index (χ1n) is 14.3. The van der Waals surface area contributed by atoms with Gasteiger partial charge in [-0.3, -0.25) is 9.59 Å². The van der Waals surface area contributed by atoms with Gasteiger partial charge in [0.15, 0.2) is 0 Å². The average Bonchev–Trinajstić information content (AvgIpc) is 3.36. The van der Waals surface area contributed by atoms with Gasteiger partial charge in [-0.25, -0.2) is 14.6 Å². The Kier molecular flexibility index (Phi) is 7.53. The number of fused-ring (bicyclic) bond motifs is 5. The maximum Gasteiger partial charge on any atom is 0.407 e. The van der Waals surface area contributed by atoms with Gasteiger partial charge in [-0.2, -0.15) is 0 Å². The third kappa shape index (κ3) is 4.17. The minimum absolute atomic E-state index is 0.0163. The van der Waals surface area contributed by atoms with E-state index in [4.69, 9.17) is 16.1 Å². The Balaban J connectivity index is 1.87. The van der Waals surface area contributed by atoms with Gasteiger partial charge in [0.25, 0.3) is 5.56 Å². The number of aryl methyl sites for hydroxylation is 1. The molecule has 12 heteroatoms. The average molecular weight is 603 g/mol. The van der Waals surface area contributed by atoms with Crippen LogP contribution in [0.3, 0.4) is 0 Å². The van der Waals surface area contributed by atoms with E-state index < -0.39 is 41.2 Å². The number of hydrogen-bond acceptors (Lipinski definition) is 7. The summed E-state index contributed by atoms with van der Waals surface area (Å²) in [5.74, 6) is 1.83. The van der Waals surface area contributed by atoms with Gasteiger partial charge < -0.3 is 34.4 Å². The van der Waals surface area contributed by atoms with Crippen LogP contribution in [0.1, 0.15) is 55.4 Å². The first-order chi connectivity index (χ1) is 20.9. The highest BCUT2D eigenvalue weighted by Gasteiger charge is 2.63. The Hall–Kier alpha value is -5.05. The van der Waals surface area contributed by atoms with Crippen molar-refractivity contribution in [2.75, 3.05) is 20.6 Å². The number of hydrogen-bond donors (Lipinski definition) is 3. The van der Waals surface area contributed by atoms with Gasteiger partial charge in [0.1, 0.15) is 17.8 Å². The minimum atomic E-state index is -1.80. The molecule has 3 N–H and O–H groups in total. The summed E-state index contributed by atoms with van der Waals surface area (Å²) in [6, 6.07) is 6.60. The topological polar surface area (TPSA) is 162 Å². The summed E-state index contributed by atoms with van der Waals surface area (Å²) in [7, 11) is 2.56. The molecule has 44 heavy (non-hydrogen) atoms. The number of carbonyl (C=O) groups excluding carboxylic acids is 1. The zero-order chi connectivity index (χ0) is 32.1. The van der Waals surface area contributed by atoms with Crippen LogP contribution in [-0.4, -0.2) is 79.0 Å².